The highest BCUT2D eigenvalue weighted by Gasteiger charge is 2.25. The highest BCUT2D eigenvalue weighted by molar-refractivity contribution is 9.10. The molecule has 0 spiro atoms. The van der Waals surface area contributed by atoms with Crippen LogP contribution >= 0.6 is 15.9 Å². The largest absolute Gasteiger partial charge is 0.497 e. The summed E-state index contributed by atoms with van der Waals surface area (Å²) in [7, 11) is 1.58. The lowest BCUT2D eigenvalue weighted by molar-refractivity contribution is -0.129. The Hall–Kier alpha value is -3.12. The van der Waals surface area contributed by atoms with Crippen molar-refractivity contribution in [3.8, 4) is 17.1 Å². The van der Waals surface area contributed by atoms with E-state index in [1.807, 2.05) is 42.5 Å². The summed E-state index contributed by atoms with van der Waals surface area (Å²) in [5, 5.41) is 0. The van der Waals surface area contributed by atoms with E-state index in [1.165, 1.54) is 0 Å². The van der Waals surface area contributed by atoms with Crippen LogP contribution in [-0.4, -0.2) is 19.0 Å². The first-order valence-corrected chi connectivity index (χ1v) is 8.94. The van der Waals surface area contributed by atoms with E-state index in [0.29, 0.717) is 22.8 Å². The Kier molecular flexibility index (Phi) is 4.64. The summed E-state index contributed by atoms with van der Waals surface area (Å²) in [5.41, 5.74) is 1.79. The van der Waals surface area contributed by atoms with Crippen molar-refractivity contribution >= 4 is 33.9 Å². The number of carbonyl (C=O) groups excluding carboxylic acids is 1. The predicted molar refractivity (Wildman–Crippen MR) is 105 cm³/mol. The van der Waals surface area contributed by atoms with Gasteiger partial charge in [0.05, 0.1) is 7.11 Å². The minimum atomic E-state index is -0.519. The van der Waals surface area contributed by atoms with Crippen LogP contribution in [0.25, 0.3) is 17.4 Å². The Bertz CT molecular complexity index is 1060. The van der Waals surface area contributed by atoms with Crippen molar-refractivity contribution in [2.24, 2.45) is 4.99 Å². The first kappa shape index (κ1) is 17.3. The number of aliphatic imine (C=N–C) groups is 1. The van der Waals surface area contributed by atoms with Gasteiger partial charge in [-0.2, -0.15) is 0 Å². The Morgan fingerprint density at radius 1 is 1.04 bits per heavy atom. The normalized spacial score (nSPS) is 15.0. The molecule has 0 N–H and O–H groups in total. The Balaban J connectivity index is 1.61. The summed E-state index contributed by atoms with van der Waals surface area (Å²) in [6.07, 6.45) is 1.57. The van der Waals surface area contributed by atoms with Crippen LogP contribution < -0.4 is 4.74 Å². The number of rotatable bonds is 4. The quantitative estimate of drug-likeness (QED) is 0.434. The number of hydrogen-bond donors (Lipinski definition) is 0. The number of hydrogen-bond acceptors (Lipinski definition) is 5. The lowest BCUT2D eigenvalue weighted by Gasteiger charge is -2.02. The summed E-state index contributed by atoms with van der Waals surface area (Å²) in [5.74, 6) is 1.61. The third-order valence-corrected chi connectivity index (χ3v) is 4.50. The fourth-order valence-electron chi connectivity index (χ4n) is 2.62. The van der Waals surface area contributed by atoms with E-state index >= 15 is 0 Å². The van der Waals surface area contributed by atoms with E-state index in [-0.39, 0.29) is 11.6 Å². The molecular formula is C21H14BrNO4. The van der Waals surface area contributed by atoms with Gasteiger partial charge in [-0.15, -0.1) is 0 Å². The van der Waals surface area contributed by atoms with Crippen molar-refractivity contribution in [1.29, 1.82) is 0 Å². The second-order valence-electron chi connectivity index (χ2n) is 5.78. The fourth-order valence-corrected chi connectivity index (χ4v) is 2.89. The zero-order chi connectivity index (χ0) is 18.8. The van der Waals surface area contributed by atoms with E-state index in [0.717, 1.165) is 10.0 Å². The summed E-state index contributed by atoms with van der Waals surface area (Å²) in [4.78, 5) is 16.4. The van der Waals surface area contributed by atoms with E-state index in [9.17, 15) is 4.79 Å². The molecule has 2 heterocycles. The summed E-state index contributed by atoms with van der Waals surface area (Å²) < 4.78 is 17.3. The lowest BCUT2D eigenvalue weighted by atomic mass is 10.2. The minimum Gasteiger partial charge on any atom is -0.497 e. The molecule has 6 heteroatoms. The average molecular weight is 424 g/mol. The number of cyclic esters (lactones) is 1. The SMILES string of the molecule is COc1cccc(C2=N/C(=C\c3ccc(-c4ccc(Br)cc4)o3)C(=O)O2)c1. The zero-order valence-corrected chi connectivity index (χ0v) is 15.9. The van der Waals surface area contributed by atoms with E-state index in [1.54, 1.807) is 31.4 Å². The number of methoxy groups -OCH3 is 1. The maximum absolute atomic E-state index is 12.1. The number of nitrogens with zero attached hydrogens (tertiary/aromatic N) is 1. The van der Waals surface area contributed by atoms with Crippen LogP contribution in [0.3, 0.4) is 0 Å². The molecule has 1 aliphatic rings. The van der Waals surface area contributed by atoms with Crippen LogP contribution in [0.1, 0.15) is 11.3 Å². The summed E-state index contributed by atoms with van der Waals surface area (Å²) in [6, 6.07) is 18.6. The van der Waals surface area contributed by atoms with Gasteiger partial charge in [0.15, 0.2) is 5.70 Å². The van der Waals surface area contributed by atoms with Gasteiger partial charge in [0, 0.05) is 21.7 Å². The molecule has 0 radical (unpaired) electrons. The molecule has 27 heavy (non-hydrogen) atoms. The van der Waals surface area contributed by atoms with Gasteiger partial charge in [0.1, 0.15) is 17.3 Å². The standard InChI is InChI=1S/C21H14BrNO4/c1-25-16-4-2-3-14(11-16)20-23-18(21(24)27-20)12-17-9-10-19(26-17)13-5-7-15(22)8-6-13/h2-12H,1H3/b18-12-. The molecule has 0 saturated carbocycles. The van der Waals surface area contributed by atoms with Gasteiger partial charge in [0.25, 0.3) is 0 Å². The smallest absolute Gasteiger partial charge is 0.363 e. The first-order chi connectivity index (χ1) is 13.1. The molecule has 2 aromatic carbocycles. The molecule has 5 nitrogen and oxygen atoms in total. The molecule has 0 atom stereocenters. The molecule has 1 aromatic heterocycles. The van der Waals surface area contributed by atoms with Crippen molar-refractivity contribution in [2.45, 2.75) is 0 Å². The zero-order valence-electron chi connectivity index (χ0n) is 14.3. The van der Waals surface area contributed by atoms with Gasteiger partial charge in [-0.25, -0.2) is 9.79 Å². The molecule has 1 aliphatic heterocycles. The second kappa shape index (κ2) is 7.25. The van der Waals surface area contributed by atoms with Crippen LogP contribution in [0.2, 0.25) is 0 Å². The molecule has 0 unspecified atom stereocenters. The molecule has 134 valence electrons. The van der Waals surface area contributed by atoms with Crippen molar-refractivity contribution in [3.63, 3.8) is 0 Å². The topological polar surface area (TPSA) is 61.0 Å². The first-order valence-electron chi connectivity index (χ1n) is 8.15. The molecule has 4 rings (SSSR count). The lowest BCUT2D eigenvalue weighted by Crippen LogP contribution is -2.05. The van der Waals surface area contributed by atoms with Crippen molar-refractivity contribution in [1.82, 2.24) is 0 Å². The van der Waals surface area contributed by atoms with Crippen LogP contribution in [0.15, 0.2) is 80.2 Å². The average Bonchev–Trinajstić information content (AvgIpc) is 3.30. The molecule has 0 amide bonds. The predicted octanol–water partition coefficient (Wildman–Crippen LogP) is 5.06. The summed E-state index contributed by atoms with van der Waals surface area (Å²) in [6.45, 7) is 0. The van der Waals surface area contributed by atoms with Gasteiger partial charge in [-0.3, -0.25) is 0 Å². The molecule has 0 fully saturated rings. The number of esters is 1. The number of ether oxygens (including phenoxy) is 2. The van der Waals surface area contributed by atoms with Crippen molar-refractivity contribution in [3.05, 3.63) is 82.2 Å². The Labute approximate surface area is 164 Å². The third-order valence-electron chi connectivity index (χ3n) is 3.97. The Morgan fingerprint density at radius 3 is 2.63 bits per heavy atom. The summed E-state index contributed by atoms with van der Waals surface area (Å²) >= 11 is 3.41. The number of benzene rings is 2. The van der Waals surface area contributed by atoms with E-state index in [4.69, 9.17) is 13.9 Å². The highest BCUT2D eigenvalue weighted by Crippen LogP contribution is 2.26. The van der Waals surface area contributed by atoms with Gasteiger partial charge < -0.3 is 13.9 Å². The monoisotopic (exact) mass is 423 g/mol. The molecule has 0 bridgehead atoms. The third kappa shape index (κ3) is 3.71. The van der Waals surface area contributed by atoms with Crippen LogP contribution in [-0.2, 0) is 9.53 Å². The maximum atomic E-state index is 12.1. The molecular weight excluding hydrogens is 410 g/mol. The number of halogens is 1. The van der Waals surface area contributed by atoms with Crippen molar-refractivity contribution in [2.75, 3.05) is 7.11 Å². The maximum Gasteiger partial charge on any atom is 0.363 e. The van der Waals surface area contributed by atoms with Crippen LogP contribution in [0, 0.1) is 0 Å². The van der Waals surface area contributed by atoms with Crippen molar-refractivity contribution < 1.29 is 18.7 Å². The Morgan fingerprint density at radius 2 is 1.85 bits per heavy atom. The highest BCUT2D eigenvalue weighted by atomic mass is 79.9. The van der Waals surface area contributed by atoms with Crippen LogP contribution in [0.5, 0.6) is 5.75 Å². The van der Waals surface area contributed by atoms with Gasteiger partial charge in [-0.05, 0) is 42.5 Å². The van der Waals surface area contributed by atoms with Gasteiger partial charge in [-0.1, -0.05) is 34.1 Å². The van der Waals surface area contributed by atoms with Gasteiger partial charge in [0.2, 0.25) is 5.90 Å². The van der Waals surface area contributed by atoms with Crippen LogP contribution in [0.4, 0.5) is 0 Å². The second-order valence-corrected chi connectivity index (χ2v) is 6.69. The number of furan rings is 1. The van der Waals surface area contributed by atoms with E-state index < -0.39 is 5.97 Å². The van der Waals surface area contributed by atoms with E-state index in [2.05, 4.69) is 20.9 Å². The molecule has 0 saturated heterocycles. The fraction of sp³-hybridized carbons (Fsp3) is 0.0476. The van der Waals surface area contributed by atoms with Gasteiger partial charge >= 0.3 is 5.97 Å². The minimum absolute atomic E-state index is 0.185. The number of carbonyl (C=O) groups is 1. The molecule has 3 aromatic rings. The molecule has 0 aliphatic carbocycles.